The van der Waals surface area contributed by atoms with Crippen molar-refractivity contribution in [3.05, 3.63) is 24.3 Å². The van der Waals surface area contributed by atoms with Gasteiger partial charge in [-0.2, -0.15) is 0 Å². The van der Waals surface area contributed by atoms with E-state index in [1.807, 2.05) is 0 Å². The van der Waals surface area contributed by atoms with Crippen molar-refractivity contribution in [2.24, 2.45) is 0 Å². The van der Waals surface area contributed by atoms with E-state index in [0.29, 0.717) is 5.69 Å². The summed E-state index contributed by atoms with van der Waals surface area (Å²) < 4.78 is 22.6. The third-order valence-electron chi connectivity index (χ3n) is 2.51. The molecule has 0 unspecified atom stereocenters. The molecule has 1 N–H and O–H groups in total. The van der Waals surface area contributed by atoms with E-state index < -0.39 is 15.8 Å². The zero-order valence-corrected chi connectivity index (χ0v) is 11.5. The Hall–Kier alpha value is -1.89. The van der Waals surface area contributed by atoms with Crippen molar-refractivity contribution in [2.75, 3.05) is 17.7 Å². The first kappa shape index (κ1) is 15.2. The molecule has 1 aromatic carbocycles. The van der Waals surface area contributed by atoms with Gasteiger partial charge in [0.25, 0.3) is 0 Å². The Balaban J connectivity index is 2.98. The lowest BCUT2D eigenvalue weighted by atomic mass is 10.2. The Bertz CT molecular complexity index is 577. The maximum atomic E-state index is 11.5. The molecule has 0 spiro atoms. The van der Waals surface area contributed by atoms with Gasteiger partial charge >= 0.3 is 5.97 Å². The zero-order chi connectivity index (χ0) is 14.6. The second-order valence-corrected chi connectivity index (χ2v) is 6.10. The van der Waals surface area contributed by atoms with Crippen LogP contribution in [0.3, 0.4) is 0 Å². The molecular weight excluding hydrogens is 270 g/mol. The average Bonchev–Trinajstić information content (AvgIpc) is 2.27. The highest BCUT2D eigenvalue weighted by Gasteiger charge is 2.14. The van der Waals surface area contributed by atoms with Crippen molar-refractivity contribution in [1.29, 1.82) is 0 Å². The lowest BCUT2D eigenvalue weighted by Crippen LogP contribution is -2.30. The van der Waals surface area contributed by atoms with Gasteiger partial charge in [0.05, 0.1) is 11.3 Å². The highest BCUT2D eigenvalue weighted by molar-refractivity contribution is 7.90. The third kappa shape index (κ3) is 4.36. The first-order valence-corrected chi connectivity index (χ1v) is 7.41. The number of carboxylic acids is 1. The summed E-state index contributed by atoms with van der Waals surface area (Å²) in [5.74, 6) is -1.30. The standard InChI is InChI=1S/C12H15NO5S/c1-9(14)13(8-7-12(15)16)10-3-5-11(6-4-10)19(2,17)18/h3-6H,7-8H2,1-2H3,(H,15,16). The minimum absolute atomic E-state index is 0.0445. The van der Waals surface area contributed by atoms with Gasteiger partial charge in [-0.3, -0.25) is 9.59 Å². The van der Waals surface area contributed by atoms with Crippen molar-refractivity contribution in [3.8, 4) is 0 Å². The Morgan fingerprint density at radius 2 is 1.74 bits per heavy atom. The quantitative estimate of drug-likeness (QED) is 0.868. The van der Waals surface area contributed by atoms with Crippen LogP contribution in [0.1, 0.15) is 13.3 Å². The minimum Gasteiger partial charge on any atom is -0.481 e. The number of nitrogens with zero attached hydrogens (tertiary/aromatic N) is 1. The fraction of sp³-hybridized carbons (Fsp3) is 0.333. The second-order valence-electron chi connectivity index (χ2n) is 4.08. The van der Waals surface area contributed by atoms with E-state index in [4.69, 9.17) is 5.11 Å². The molecule has 7 heteroatoms. The Labute approximate surface area is 111 Å². The van der Waals surface area contributed by atoms with E-state index in [0.717, 1.165) is 6.26 Å². The molecular formula is C12H15NO5S. The van der Waals surface area contributed by atoms with Crippen LogP contribution in [0.25, 0.3) is 0 Å². The molecule has 0 bridgehead atoms. The maximum Gasteiger partial charge on any atom is 0.305 e. The number of carbonyl (C=O) groups excluding carboxylic acids is 1. The van der Waals surface area contributed by atoms with Gasteiger partial charge in [0.2, 0.25) is 5.91 Å². The molecule has 0 radical (unpaired) electrons. The molecule has 0 aliphatic rings. The molecule has 1 amide bonds. The number of rotatable bonds is 5. The number of aliphatic carboxylic acids is 1. The average molecular weight is 285 g/mol. The van der Waals surface area contributed by atoms with Crippen LogP contribution >= 0.6 is 0 Å². The van der Waals surface area contributed by atoms with Crippen LogP contribution in [0.2, 0.25) is 0 Å². The summed E-state index contributed by atoms with van der Waals surface area (Å²) in [5.41, 5.74) is 0.473. The first-order chi connectivity index (χ1) is 8.71. The lowest BCUT2D eigenvalue weighted by Gasteiger charge is -2.20. The topological polar surface area (TPSA) is 91.8 Å². The summed E-state index contributed by atoms with van der Waals surface area (Å²) in [4.78, 5) is 23.4. The SMILES string of the molecule is CC(=O)N(CCC(=O)O)c1ccc(S(C)(=O)=O)cc1. The predicted octanol–water partition coefficient (Wildman–Crippen LogP) is 0.918. The number of sulfone groups is 1. The summed E-state index contributed by atoms with van der Waals surface area (Å²) in [5, 5.41) is 8.62. The monoisotopic (exact) mass is 285 g/mol. The number of hydrogen-bond acceptors (Lipinski definition) is 4. The van der Waals surface area contributed by atoms with E-state index in [9.17, 15) is 18.0 Å². The first-order valence-electron chi connectivity index (χ1n) is 5.52. The zero-order valence-electron chi connectivity index (χ0n) is 10.7. The van der Waals surface area contributed by atoms with Gasteiger partial charge in [0.15, 0.2) is 9.84 Å². The van der Waals surface area contributed by atoms with Crippen LogP contribution in [-0.4, -0.2) is 38.2 Å². The third-order valence-corrected chi connectivity index (χ3v) is 3.63. The molecule has 0 aromatic heterocycles. The van der Waals surface area contributed by atoms with E-state index in [1.54, 1.807) is 0 Å². The number of amides is 1. The summed E-state index contributed by atoms with van der Waals surface area (Å²) in [6.07, 6.45) is 0.919. The maximum absolute atomic E-state index is 11.5. The number of anilines is 1. The van der Waals surface area contributed by atoms with Gasteiger partial charge in [-0.1, -0.05) is 0 Å². The molecule has 0 saturated heterocycles. The van der Waals surface area contributed by atoms with Gasteiger partial charge in [0, 0.05) is 25.4 Å². The largest absolute Gasteiger partial charge is 0.481 e. The fourth-order valence-corrected chi connectivity index (χ4v) is 2.18. The highest BCUT2D eigenvalue weighted by Crippen LogP contribution is 2.18. The van der Waals surface area contributed by atoms with Crippen LogP contribution in [0.4, 0.5) is 5.69 Å². The summed E-state index contributed by atoms with van der Waals surface area (Å²) in [6.45, 7) is 1.37. The predicted molar refractivity (Wildman–Crippen MR) is 69.8 cm³/mol. The van der Waals surface area contributed by atoms with Crippen LogP contribution in [-0.2, 0) is 19.4 Å². The molecule has 0 fully saturated rings. The van der Waals surface area contributed by atoms with Crippen LogP contribution < -0.4 is 4.90 Å². The van der Waals surface area contributed by atoms with Crippen molar-refractivity contribution in [3.63, 3.8) is 0 Å². The second kappa shape index (κ2) is 5.83. The number of carboxylic acid groups (broad SMARTS) is 1. The molecule has 0 aliphatic carbocycles. The fourth-order valence-electron chi connectivity index (χ4n) is 1.55. The number of carbonyl (C=O) groups is 2. The minimum atomic E-state index is -3.29. The Morgan fingerprint density at radius 1 is 1.21 bits per heavy atom. The molecule has 6 nitrogen and oxygen atoms in total. The molecule has 0 heterocycles. The Kier molecular flexibility index (Phi) is 4.66. The van der Waals surface area contributed by atoms with Gasteiger partial charge in [-0.15, -0.1) is 0 Å². The molecule has 0 atom stereocenters. The number of benzene rings is 1. The van der Waals surface area contributed by atoms with E-state index in [-0.39, 0.29) is 23.8 Å². The van der Waals surface area contributed by atoms with Crippen LogP contribution in [0.5, 0.6) is 0 Å². The van der Waals surface area contributed by atoms with Crippen LogP contribution in [0.15, 0.2) is 29.2 Å². The van der Waals surface area contributed by atoms with E-state index in [2.05, 4.69) is 0 Å². The molecule has 0 saturated carbocycles. The Morgan fingerprint density at radius 3 is 2.11 bits per heavy atom. The summed E-state index contributed by atoms with van der Waals surface area (Å²) in [6, 6.07) is 5.75. The number of hydrogen-bond donors (Lipinski definition) is 1. The smallest absolute Gasteiger partial charge is 0.305 e. The van der Waals surface area contributed by atoms with Crippen molar-refractivity contribution in [2.45, 2.75) is 18.2 Å². The van der Waals surface area contributed by atoms with Gasteiger partial charge in [0.1, 0.15) is 0 Å². The molecule has 0 aliphatic heterocycles. The summed E-state index contributed by atoms with van der Waals surface area (Å²) >= 11 is 0. The van der Waals surface area contributed by atoms with E-state index in [1.165, 1.54) is 36.1 Å². The van der Waals surface area contributed by atoms with Gasteiger partial charge in [-0.25, -0.2) is 8.42 Å². The normalized spacial score (nSPS) is 11.1. The van der Waals surface area contributed by atoms with E-state index >= 15 is 0 Å². The summed E-state index contributed by atoms with van der Waals surface area (Å²) in [7, 11) is -3.29. The highest BCUT2D eigenvalue weighted by atomic mass is 32.2. The van der Waals surface area contributed by atoms with Gasteiger partial charge in [-0.05, 0) is 24.3 Å². The van der Waals surface area contributed by atoms with Crippen molar-refractivity contribution in [1.82, 2.24) is 0 Å². The molecule has 1 aromatic rings. The lowest BCUT2D eigenvalue weighted by molar-refractivity contribution is -0.136. The van der Waals surface area contributed by atoms with Gasteiger partial charge < -0.3 is 10.0 Å². The van der Waals surface area contributed by atoms with Crippen LogP contribution in [0, 0.1) is 0 Å². The molecule has 1 rings (SSSR count). The molecule has 19 heavy (non-hydrogen) atoms. The van der Waals surface area contributed by atoms with Crippen molar-refractivity contribution < 1.29 is 23.1 Å². The molecule has 104 valence electrons. The van der Waals surface area contributed by atoms with Crippen molar-refractivity contribution >= 4 is 27.4 Å².